The SMILES string of the molecule is COc1cccc2c1OP(=O)(OC[C@@]1(F)O[C@@H](n3ccc(=O)[nH]c3=O)[C@H](O)[C@@H]1O)OC2.[2H]C([2H])(OP1(=O)OCc2cccc(OC)c2O1)[C@@]1(F)O[C@@H](n2ccc(=O)[nH]c2=O)[C@H](O)[C@@H]1O.[2H]C([2H])(OP1(=O)OCc2cccc(OC)c2O1)[C@@]1(F)O[C@@]([2H])(n2ccc(=O)[nH]c2=O)[C@H](O)[C@@H]1O.[2H][C@@]1(n2ccc(=O)[nH]c2=O)O[C@](F)(COP2(=O)OCc3cccc(OC)c3O2)[C@@H](O)[C@H]1O. The topological polar surface area (TPSA) is 634 Å². The van der Waals surface area contributed by atoms with Crippen molar-refractivity contribution in [2.75, 3.05) is 54.8 Å². The number of alkyl halides is 4. The third-order valence-corrected chi connectivity index (χ3v) is 23.3. The molecule has 0 bridgehead atoms. The van der Waals surface area contributed by atoms with Crippen LogP contribution in [0, 0.1) is 0 Å². The highest BCUT2D eigenvalue weighted by Crippen LogP contribution is 2.62. The zero-order chi connectivity index (χ0) is 95.0. The van der Waals surface area contributed by atoms with Crippen molar-refractivity contribution in [3.05, 3.63) is 227 Å². The number of nitrogens with one attached hydrogen (secondary N) is 4. The van der Waals surface area contributed by atoms with Crippen molar-refractivity contribution < 1.29 is 177 Å². The molecule has 16 rings (SSSR count). The average molecular weight is 1850 g/mol. The fourth-order valence-electron chi connectivity index (χ4n) is 12.1. The average Bonchev–Trinajstić information content (AvgIpc) is 1.55. The van der Waals surface area contributed by atoms with E-state index in [-0.39, 0.29) is 70.4 Å². The second kappa shape index (κ2) is 36.1. The monoisotopic (exact) mass is 1850 g/mol. The van der Waals surface area contributed by atoms with E-state index in [1.54, 1.807) is 53.5 Å². The lowest BCUT2D eigenvalue weighted by atomic mass is 10.1. The molecule has 56 heteroatoms. The molecule has 12 N–H and O–H groups in total. The summed E-state index contributed by atoms with van der Waals surface area (Å²) in [5.74, 6) is -13.7. The zero-order valence-corrected chi connectivity index (χ0v) is 66.9. The predicted molar refractivity (Wildman–Crippen MR) is 397 cm³/mol. The Balaban J connectivity index is 0.000000148. The molecule has 48 nitrogen and oxygen atoms in total. The van der Waals surface area contributed by atoms with Crippen molar-refractivity contribution in [1.82, 2.24) is 38.2 Å². The number of para-hydroxylation sites is 4. The number of halogens is 4. The van der Waals surface area contributed by atoms with E-state index in [9.17, 15) is 97.5 Å². The second-order valence-corrected chi connectivity index (χ2v) is 32.6. The van der Waals surface area contributed by atoms with Gasteiger partial charge >= 0.3 is 54.0 Å². The van der Waals surface area contributed by atoms with Crippen molar-refractivity contribution in [3.63, 3.8) is 0 Å². The number of methoxy groups -OCH3 is 4. The first-order chi connectivity index (χ1) is 60.8. The number of aromatic nitrogens is 8. The van der Waals surface area contributed by atoms with Crippen LogP contribution < -0.4 is 82.0 Å². The van der Waals surface area contributed by atoms with E-state index in [4.69, 9.17) is 100 Å². The molecule has 4 aromatic carbocycles. The highest BCUT2D eigenvalue weighted by Gasteiger charge is 2.62. The van der Waals surface area contributed by atoms with Gasteiger partial charge in [-0.25, -0.2) is 55.0 Å². The summed E-state index contributed by atoms with van der Waals surface area (Å²) in [6.07, 6.45) is -25.4. The first-order valence-corrected chi connectivity index (χ1v) is 41.0. The van der Waals surface area contributed by atoms with Crippen LogP contribution in [0.1, 0.15) is 55.3 Å². The molecule has 124 heavy (non-hydrogen) atoms. The van der Waals surface area contributed by atoms with Gasteiger partial charge in [0.1, 0.15) is 75.2 Å². The van der Waals surface area contributed by atoms with Gasteiger partial charge in [-0.15, -0.1) is 0 Å². The minimum Gasteiger partial charge on any atom is -0.493 e. The van der Waals surface area contributed by atoms with Crippen molar-refractivity contribution in [1.29, 1.82) is 0 Å². The number of phosphoric ester groups is 4. The first kappa shape index (κ1) is 83.4. The molecule has 0 aliphatic carbocycles. The van der Waals surface area contributed by atoms with Gasteiger partial charge in [0.25, 0.3) is 45.7 Å². The van der Waals surface area contributed by atoms with Gasteiger partial charge in [0.2, 0.25) is 0 Å². The zero-order valence-electron chi connectivity index (χ0n) is 69.3. The number of nitrogens with zero attached hydrogens (tertiary/aromatic N) is 4. The summed E-state index contributed by atoms with van der Waals surface area (Å²) in [6.45, 7) is -11.2. The van der Waals surface area contributed by atoms with Crippen LogP contribution >= 0.6 is 31.3 Å². The lowest BCUT2D eigenvalue weighted by Crippen LogP contribution is -2.43. The highest BCUT2D eigenvalue weighted by molar-refractivity contribution is 7.49. The number of aromatic amines is 4. The van der Waals surface area contributed by atoms with E-state index >= 15 is 17.6 Å². The number of hydrogen-bond donors (Lipinski definition) is 12. The Kier molecular flexibility index (Phi) is 24.3. The maximum Gasteiger partial charge on any atom is 0.530 e. The molecule has 8 aliphatic rings. The molecule has 4 fully saturated rings. The number of fused-ring (bicyclic) bond motifs is 4. The van der Waals surface area contributed by atoms with Crippen LogP contribution in [0.4, 0.5) is 17.6 Å². The summed E-state index contributed by atoms with van der Waals surface area (Å²) in [5, 5.41) is 81.8. The third kappa shape index (κ3) is 18.9. The van der Waals surface area contributed by atoms with Crippen LogP contribution in [0.25, 0.3) is 0 Å². The third-order valence-electron chi connectivity index (χ3n) is 18.4. The van der Waals surface area contributed by atoms with Crippen LogP contribution in [0.15, 0.2) is 160 Å². The molecule has 0 spiro atoms. The number of ether oxygens (including phenoxy) is 8. The normalized spacial score (nSPS) is 34.5. The van der Waals surface area contributed by atoms with Gasteiger partial charge < -0.3 is 96.8 Å². The summed E-state index contributed by atoms with van der Waals surface area (Å²) >= 11 is 0. The van der Waals surface area contributed by atoms with Gasteiger partial charge in [0.15, 0.2) is 70.9 Å². The molecule has 20 atom stereocenters. The number of hydrogen-bond acceptors (Lipinski definition) is 40. The molecular weight excluding hydrogens is 1770 g/mol. The summed E-state index contributed by atoms with van der Waals surface area (Å²) in [6, 6.07) is 22.2. The van der Waals surface area contributed by atoms with Crippen LogP contribution in [0.2, 0.25) is 0 Å². The second-order valence-electron chi connectivity index (χ2n) is 26.4. The van der Waals surface area contributed by atoms with Gasteiger partial charge in [-0.3, -0.25) is 93.6 Å². The van der Waals surface area contributed by atoms with Gasteiger partial charge in [-0.05, 0) is 24.3 Å². The maximum absolute atomic E-state index is 15.8. The molecule has 4 saturated heterocycles. The van der Waals surface area contributed by atoms with Crippen molar-refractivity contribution in [2.45, 2.75) is 124 Å². The lowest BCUT2D eigenvalue weighted by molar-refractivity contribution is -0.205. The highest BCUT2D eigenvalue weighted by atomic mass is 31.2. The van der Waals surface area contributed by atoms with E-state index in [0.717, 1.165) is 42.9 Å². The molecule has 0 radical (unpaired) electrons. The Hall–Kier alpha value is -10.2. The minimum atomic E-state index is -4.92. The number of phosphoric acid groups is 4. The van der Waals surface area contributed by atoms with E-state index < -0.39 is 206 Å². The van der Waals surface area contributed by atoms with E-state index in [2.05, 4.69) is 0 Å². The fraction of sp³-hybridized carbons (Fsp3) is 0.412. The van der Waals surface area contributed by atoms with Crippen LogP contribution in [0.3, 0.4) is 0 Å². The number of aliphatic hydroxyl groups excluding tert-OH is 8. The largest absolute Gasteiger partial charge is 0.530 e. The molecule has 8 aromatic rings. The number of rotatable bonds is 20. The van der Waals surface area contributed by atoms with Crippen molar-refractivity contribution in [3.8, 4) is 46.0 Å². The first-order valence-electron chi connectivity index (χ1n) is 38.2. The predicted octanol–water partition coefficient (Wildman–Crippen LogP) is 0.782. The molecule has 8 aliphatic heterocycles. The number of aliphatic hydroxyl groups is 8. The fourth-order valence-corrected chi connectivity index (χ4v) is 16.8. The van der Waals surface area contributed by atoms with Gasteiger partial charge in [0, 0.05) is 71.3 Å². The molecule has 0 amide bonds. The Bertz CT molecular complexity index is 6330. The smallest absolute Gasteiger partial charge is 0.493 e. The number of H-pyrrole nitrogens is 4. The maximum atomic E-state index is 15.8. The van der Waals surface area contributed by atoms with E-state index in [1.165, 1.54) is 52.7 Å². The summed E-state index contributed by atoms with van der Waals surface area (Å²) in [5.41, 5.74) is -6.08. The molecule has 4 aromatic heterocycles. The number of benzene rings is 4. The lowest BCUT2D eigenvalue weighted by Gasteiger charge is -2.28. The Morgan fingerprint density at radius 3 is 0.935 bits per heavy atom. The van der Waals surface area contributed by atoms with E-state index in [0.29, 0.717) is 42.2 Å². The Labute approximate surface area is 696 Å². The summed E-state index contributed by atoms with van der Waals surface area (Å²) in [4.78, 5) is 100. The summed E-state index contributed by atoms with van der Waals surface area (Å²) < 4.78 is 264. The minimum absolute atomic E-state index is 0.0556. The summed E-state index contributed by atoms with van der Waals surface area (Å²) in [7, 11) is -13.2. The van der Waals surface area contributed by atoms with Crippen LogP contribution in [-0.2, 0) is 99.8 Å². The standard InChI is InChI=1S/4C17H18FN2O10P/c4*1-26-10-4-2-3-9-7-27-31(25,30-13(9)10)28-8-17(18)14(23)12(22)15(29-17)20-6-5-11(21)19-16(20)24/h4*2-6,12,14-15,22-23H,7-8H2,1H3,(H,19,21,24)/t4*12-,14+,15-,17-,31?/m1111/s1/i8D2,15D;15D;8D2;. The molecule has 672 valence electrons. The Morgan fingerprint density at radius 1 is 0.379 bits per heavy atom. The van der Waals surface area contributed by atoms with Gasteiger partial charge in [-0.2, -0.15) is 0 Å². The van der Waals surface area contributed by atoms with Crippen LogP contribution in [0.5, 0.6) is 46.0 Å². The molecule has 12 heterocycles. The molecule has 0 saturated carbocycles. The van der Waals surface area contributed by atoms with E-state index in [1.807, 2.05) is 15.0 Å². The van der Waals surface area contributed by atoms with Crippen LogP contribution in [-0.4, -0.2) is 206 Å². The van der Waals surface area contributed by atoms with Gasteiger partial charge in [0.05, 0.1) is 63.1 Å². The van der Waals surface area contributed by atoms with Gasteiger partial charge in [-0.1, -0.05) is 48.5 Å². The molecule has 4 unspecified atom stereocenters. The van der Waals surface area contributed by atoms with Crippen molar-refractivity contribution >= 4 is 31.3 Å². The quantitative estimate of drug-likeness (QED) is 0.0370. The Morgan fingerprint density at radius 2 is 0.629 bits per heavy atom. The van der Waals surface area contributed by atoms with Crippen molar-refractivity contribution in [2.24, 2.45) is 0 Å². The molecular formula is C68H72F4N8O40P4.